The van der Waals surface area contributed by atoms with Crippen LogP contribution in [0.15, 0.2) is 15.3 Å². The minimum atomic E-state index is -0.272. The number of hydrogen-bond donors (Lipinski definition) is 1. The van der Waals surface area contributed by atoms with Gasteiger partial charge in [0.25, 0.3) is 5.56 Å². The molecule has 0 spiro atoms. The highest BCUT2D eigenvalue weighted by Crippen LogP contribution is 2.14. The molecule has 1 aromatic heterocycles. The topological polar surface area (TPSA) is 45.8 Å². The van der Waals surface area contributed by atoms with Gasteiger partial charge in [0.2, 0.25) is 0 Å². The van der Waals surface area contributed by atoms with Crippen molar-refractivity contribution in [2.24, 2.45) is 0 Å². The third-order valence-electron chi connectivity index (χ3n) is 0.719. The van der Waals surface area contributed by atoms with Crippen LogP contribution < -0.4 is 5.56 Å². The first kappa shape index (κ1) is 6.77. The second-order valence-corrected chi connectivity index (χ2v) is 2.58. The summed E-state index contributed by atoms with van der Waals surface area (Å²) in [7, 11) is 0. The summed E-state index contributed by atoms with van der Waals surface area (Å²) in [5, 5.41) is 5.89. The molecule has 0 radical (unpaired) electrons. The molecule has 1 aromatic rings. The van der Waals surface area contributed by atoms with Crippen LogP contribution in [-0.4, -0.2) is 10.2 Å². The molecule has 0 aromatic carbocycles. The molecule has 0 atom stereocenters. The zero-order valence-electron chi connectivity index (χ0n) is 4.19. The molecule has 9 heavy (non-hydrogen) atoms. The van der Waals surface area contributed by atoms with Crippen molar-refractivity contribution in [1.29, 1.82) is 0 Å². The lowest BCUT2D eigenvalue weighted by atomic mass is 10.6. The van der Waals surface area contributed by atoms with Crippen molar-refractivity contribution >= 4 is 27.5 Å². The van der Waals surface area contributed by atoms with Gasteiger partial charge in [-0.15, -0.1) is 0 Å². The van der Waals surface area contributed by atoms with Crippen LogP contribution in [0.25, 0.3) is 0 Å². The number of hydrogen-bond acceptors (Lipinski definition) is 2. The minimum absolute atomic E-state index is 0.259. The first-order valence-electron chi connectivity index (χ1n) is 2.11. The second kappa shape index (κ2) is 2.49. The highest BCUT2D eigenvalue weighted by atomic mass is 79.9. The van der Waals surface area contributed by atoms with E-state index in [-0.39, 0.29) is 10.7 Å². The standard InChI is InChI=1S/C4H2BrClN2O/c5-2-1-3(9)7-8-4(2)6/h1H,(H,7,9). The van der Waals surface area contributed by atoms with Gasteiger partial charge in [0.15, 0.2) is 5.15 Å². The van der Waals surface area contributed by atoms with Crippen molar-refractivity contribution in [2.75, 3.05) is 0 Å². The van der Waals surface area contributed by atoms with E-state index in [1.807, 2.05) is 0 Å². The van der Waals surface area contributed by atoms with Crippen LogP contribution in [0, 0.1) is 0 Å². The number of nitrogens with zero attached hydrogens (tertiary/aromatic N) is 1. The number of halogens is 2. The van der Waals surface area contributed by atoms with E-state index in [1.165, 1.54) is 6.07 Å². The predicted molar refractivity (Wildman–Crippen MR) is 37.6 cm³/mol. The van der Waals surface area contributed by atoms with Gasteiger partial charge >= 0.3 is 0 Å². The Morgan fingerprint density at radius 2 is 2.44 bits per heavy atom. The molecule has 0 aliphatic carbocycles. The zero-order valence-corrected chi connectivity index (χ0v) is 6.53. The van der Waals surface area contributed by atoms with Gasteiger partial charge in [-0.05, 0) is 15.9 Å². The number of aromatic nitrogens is 2. The minimum Gasteiger partial charge on any atom is -0.268 e. The molecule has 3 nitrogen and oxygen atoms in total. The Bertz CT molecular complexity index is 272. The SMILES string of the molecule is O=c1cc(Br)c(Cl)n[nH]1. The Morgan fingerprint density at radius 3 is 2.89 bits per heavy atom. The Kier molecular flexibility index (Phi) is 1.87. The maximum Gasteiger partial charge on any atom is 0.265 e. The van der Waals surface area contributed by atoms with Gasteiger partial charge in [0.1, 0.15) is 0 Å². The highest BCUT2D eigenvalue weighted by molar-refractivity contribution is 9.10. The van der Waals surface area contributed by atoms with Crippen LogP contribution in [0.4, 0.5) is 0 Å². The molecule has 0 aliphatic rings. The fraction of sp³-hybridized carbons (Fsp3) is 0. The summed E-state index contributed by atoms with van der Waals surface area (Å²) in [6.07, 6.45) is 0. The molecule has 0 saturated carbocycles. The first-order valence-corrected chi connectivity index (χ1v) is 3.28. The van der Waals surface area contributed by atoms with Gasteiger partial charge in [-0.25, -0.2) is 5.10 Å². The number of aromatic amines is 1. The quantitative estimate of drug-likeness (QED) is 0.697. The molecule has 1 rings (SSSR count). The summed E-state index contributed by atoms with van der Waals surface area (Å²) in [5.74, 6) is 0. The van der Waals surface area contributed by atoms with Gasteiger partial charge in [-0.1, -0.05) is 11.6 Å². The Labute approximate surface area is 64.2 Å². The second-order valence-electron chi connectivity index (χ2n) is 1.37. The molecule has 48 valence electrons. The molecular formula is C4H2BrClN2O. The Hall–Kier alpha value is -0.350. The lowest BCUT2D eigenvalue weighted by Gasteiger charge is -1.88. The summed E-state index contributed by atoms with van der Waals surface area (Å²) in [6.45, 7) is 0. The van der Waals surface area contributed by atoms with Gasteiger partial charge in [-0.2, -0.15) is 5.10 Å². The number of nitrogens with one attached hydrogen (secondary N) is 1. The van der Waals surface area contributed by atoms with Gasteiger partial charge in [0.05, 0.1) is 4.47 Å². The monoisotopic (exact) mass is 208 g/mol. The fourth-order valence-corrected chi connectivity index (χ4v) is 0.758. The van der Waals surface area contributed by atoms with Crippen LogP contribution >= 0.6 is 27.5 Å². The maximum atomic E-state index is 10.4. The van der Waals surface area contributed by atoms with Crippen LogP contribution in [-0.2, 0) is 0 Å². The molecule has 0 fully saturated rings. The van der Waals surface area contributed by atoms with E-state index in [0.29, 0.717) is 4.47 Å². The zero-order chi connectivity index (χ0) is 6.85. The van der Waals surface area contributed by atoms with Crippen molar-refractivity contribution < 1.29 is 0 Å². The molecule has 1 N–H and O–H groups in total. The van der Waals surface area contributed by atoms with E-state index in [4.69, 9.17) is 11.6 Å². The van der Waals surface area contributed by atoms with Gasteiger partial charge in [-0.3, -0.25) is 4.79 Å². The normalized spacial score (nSPS) is 9.56. The van der Waals surface area contributed by atoms with E-state index < -0.39 is 0 Å². The fourth-order valence-electron chi connectivity index (χ4n) is 0.365. The smallest absolute Gasteiger partial charge is 0.265 e. The van der Waals surface area contributed by atoms with E-state index in [1.54, 1.807) is 0 Å². The molecule has 0 aliphatic heterocycles. The van der Waals surface area contributed by atoms with E-state index in [2.05, 4.69) is 26.1 Å². The molecular weight excluding hydrogens is 207 g/mol. The van der Waals surface area contributed by atoms with Crippen molar-refractivity contribution in [3.63, 3.8) is 0 Å². The molecule has 1 heterocycles. The average Bonchev–Trinajstić information content (AvgIpc) is 1.80. The van der Waals surface area contributed by atoms with E-state index >= 15 is 0 Å². The predicted octanol–water partition coefficient (Wildman–Crippen LogP) is 1.19. The Morgan fingerprint density at radius 1 is 1.78 bits per heavy atom. The lowest BCUT2D eigenvalue weighted by Crippen LogP contribution is -2.05. The van der Waals surface area contributed by atoms with Crippen molar-refractivity contribution in [1.82, 2.24) is 10.2 Å². The summed E-state index contributed by atoms with van der Waals surface area (Å²) in [4.78, 5) is 10.4. The third-order valence-corrected chi connectivity index (χ3v) is 1.84. The molecule has 0 unspecified atom stereocenters. The van der Waals surface area contributed by atoms with Crippen LogP contribution in [0.5, 0.6) is 0 Å². The maximum absolute atomic E-state index is 10.4. The van der Waals surface area contributed by atoms with Crippen molar-refractivity contribution in [2.45, 2.75) is 0 Å². The molecule has 0 bridgehead atoms. The first-order chi connectivity index (χ1) is 4.20. The largest absolute Gasteiger partial charge is 0.268 e. The highest BCUT2D eigenvalue weighted by Gasteiger charge is 1.95. The van der Waals surface area contributed by atoms with Gasteiger partial charge in [0, 0.05) is 6.07 Å². The van der Waals surface area contributed by atoms with Gasteiger partial charge < -0.3 is 0 Å². The van der Waals surface area contributed by atoms with Crippen LogP contribution in [0.2, 0.25) is 5.15 Å². The average molecular weight is 209 g/mol. The lowest BCUT2D eigenvalue weighted by molar-refractivity contribution is 0.982. The Balaban J connectivity index is 3.34. The van der Waals surface area contributed by atoms with Crippen molar-refractivity contribution in [3.8, 4) is 0 Å². The summed E-state index contributed by atoms with van der Waals surface area (Å²) in [5.41, 5.74) is -0.272. The van der Waals surface area contributed by atoms with Crippen LogP contribution in [0.3, 0.4) is 0 Å². The molecule has 0 saturated heterocycles. The third kappa shape index (κ3) is 1.53. The summed E-state index contributed by atoms with van der Waals surface area (Å²) in [6, 6.07) is 1.31. The molecule has 0 amide bonds. The van der Waals surface area contributed by atoms with Crippen LogP contribution in [0.1, 0.15) is 0 Å². The van der Waals surface area contributed by atoms with Crippen molar-refractivity contribution in [3.05, 3.63) is 26.0 Å². The number of H-pyrrole nitrogens is 1. The van der Waals surface area contributed by atoms with E-state index in [9.17, 15) is 4.79 Å². The van der Waals surface area contributed by atoms with E-state index in [0.717, 1.165) is 0 Å². The summed E-state index contributed by atoms with van der Waals surface area (Å²) >= 11 is 8.48. The summed E-state index contributed by atoms with van der Waals surface area (Å²) < 4.78 is 0.507. The molecule has 5 heteroatoms. The number of rotatable bonds is 0.